The first-order chi connectivity index (χ1) is 8.24. The van der Waals surface area contributed by atoms with Gasteiger partial charge >= 0.3 is 0 Å². The minimum absolute atomic E-state index is 0.0982. The molecule has 4 heteroatoms. The third kappa shape index (κ3) is 4.13. The highest BCUT2D eigenvalue weighted by molar-refractivity contribution is 9.10. The first-order valence-electron chi connectivity index (χ1n) is 6.03. The number of hydrogen-bond donors (Lipinski definition) is 2. The van der Waals surface area contributed by atoms with Crippen molar-refractivity contribution in [2.75, 3.05) is 11.9 Å². The van der Waals surface area contributed by atoms with Crippen molar-refractivity contribution in [3.8, 4) is 0 Å². The van der Waals surface area contributed by atoms with Crippen LogP contribution >= 0.6 is 15.9 Å². The van der Waals surface area contributed by atoms with Crippen LogP contribution in [-0.4, -0.2) is 18.5 Å². The first kappa shape index (κ1) is 12.6. The second-order valence-corrected chi connectivity index (χ2v) is 5.30. The van der Waals surface area contributed by atoms with Crippen LogP contribution in [0, 0.1) is 0 Å². The maximum Gasteiger partial charge on any atom is 0.224 e. The fourth-order valence-corrected chi connectivity index (χ4v) is 2.33. The van der Waals surface area contributed by atoms with E-state index in [-0.39, 0.29) is 5.91 Å². The fraction of sp³-hybridized carbons (Fsp3) is 0.462. The molecule has 2 N–H and O–H groups in total. The highest BCUT2D eigenvalue weighted by Gasteiger charge is 2.15. The normalized spacial score (nSPS) is 19.2. The summed E-state index contributed by atoms with van der Waals surface area (Å²) in [5.74, 6) is 0.0982. The molecule has 0 saturated carbocycles. The molecule has 0 radical (unpaired) electrons. The lowest BCUT2D eigenvalue weighted by molar-refractivity contribution is -0.116. The van der Waals surface area contributed by atoms with Crippen LogP contribution in [0.5, 0.6) is 0 Å². The van der Waals surface area contributed by atoms with Crippen LogP contribution in [0.2, 0.25) is 0 Å². The van der Waals surface area contributed by atoms with E-state index in [0.717, 1.165) is 23.1 Å². The number of carbonyl (C=O) groups is 1. The number of rotatable bonds is 4. The third-order valence-electron chi connectivity index (χ3n) is 3.01. The molecule has 92 valence electrons. The SMILES string of the molecule is O=C(CCC1CCCN1)Nc1ccc(Br)cc1. The van der Waals surface area contributed by atoms with Gasteiger partial charge in [0.15, 0.2) is 0 Å². The Balaban J connectivity index is 1.74. The molecule has 0 spiro atoms. The Morgan fingerprint density at radius 2 is 2.18 bits per heavy atom. The summed E-state index contributed by atoms with van der Waals surface area (Å²) in [4.78, 5) is 11.7. The molecule has 1 aromatic rings. The van der Waals surface area contributed by atoms with Crippen LogP contribution in [0.4, 0.5) is 5.69 Å². The maximum atomic E-state index is 11.7. The highest BCUT2D eigenvalue weighted by atomic mass is 79.9. The molecule has 1 atom stereocenters. The number of benzene rings is 1. The van der Waals surface area contributed by atoms with Gasteiger partial charge in [-0.15, -0.1) is 0 Å². The zero-order chi connectivity index (χ0) is 12.1. The molecule has 1 heterocycles. The Kier molecular flexibility index (Phi) is 4.57. The van der Waals surface area contributed by atoms with Crippen molar-refractivity contribution in [3.63, 3.8) is 0 Å². The van der Waals surface area contributed by atoms with Gasteiger partial charge in [0.1, 0.15) is 0 Å². The van der Waals surface area contributed by atoms with E-state index >= 15 is 0 Å². The van der Waals surface area contributed by atoms with E-state index in [0.29, 0.717) is 12.5 Å². The van der Waals surface area contributed by atoms with Gasteiger partial charge in [-0.1, -0.05) is 15.9 Å². The molecular formula is C13H17BrN2O. The van der Waals surface area contributed by atoms with Crippen molar-refractivity contribution in [2.45, 2.75) is 31.7 Å². The lowest BCUT2D eigenvalue weighted by Crippen LogP contribution is -2.23. The summed E-state index contributed by atoms with van der Waals surface area (Å²) >= 11 is 3.37. The molecule has 0 bridgehead atoms. The zero-order valence-electron chi connectivity index (χ0n) is 9.71. The molecule has 0 aromatic heterocycles. The molecule has 1 aromatic carbocycles. The van der Waals surface area contributed by atoms with Crippen molar-refractivity contribution in [2.24, 2.45) is 0 Å². The summed E-state index contributed by atoms with van der Waals surface area (Å²) in [6.45, 7) is 1.10. The van der Waals surface area contributed by atoms with Crippen LogP contribution in [0.3, 0.4) is 0 Å². The highest BCUT2D eigenvalue weighted by Crippen LogP contribution is 2.15. The number of anilines is 1. The van der Waals surface area contributed by atoms with Crippen LogP contribution in [0.1, 0.15) is 25.7 Å². The molecule has 1 aliphatic heterocycles. The summed E-state index contributed by atoms with van der Waals surface area (Å²) in [6.07, 6.45) is 3.96. The van der Waals surface area contributed by atoms with Crippen molar-refractivity contribution in [3.05, 3.63) is 28.7 Å². The Morgan fingerprint density at radius 1 is 1.41 bits per heavy atom. The predicted octanol–water partition coefficient (Wildman–Crippen LogP) is 2.92. The lowest BCUT2D eigenvalue weighted by atomic mass is 10.1. The maximum absolute atomic E-state index is 11.7. The molecule has 1 aliphatic rings. The van der Waals surface area contributed by atoms with Gasteiger partial charge in [0.25, 0.3) is 0 Å². The van der Waals surface area contributed by atoms with E-state index in [9.17, 15) is 4.79 Å². The first-order valence-corrected chi connectivity index (χ1v) is 6.82. The Hall–Kier alpha value is -0.870. The smallest absolute Gasteiger partial charge is 0.224 e. The second-order valence-electron chi connectivity index (χ2n) is 4.39. The molecule has 0 aliphatic carbocycles. The average molecular weight is 297 g/mol. The van der Waals surface area contributed by atoms with Crippen LogP contribution in [-0.2, 0) is 4.79 Å². The van der Waals surface area contributed by atoms with Gasteiger partial charge in [-0.3, -0.25) is 4.79 Å². The van der Waals surface area contributed by atoms with E-state index in [4.69, 9.17) is 0 Å². The van der Waals surface area contributed by atoms with Gasteiger partial charge in [0.2, 0.25) is 5.91 Å². The summed E-state index contributed by atoms with van der Waals surface area (Å²) in [7, 11) is 0. The summed E-state index contributed by atoms with van der Waals surface area (Å²) < 4.78 is 1.02. The number of amides is 1. The predicted molar refractivity (Wildman–Crippen MR) is 73.0 cm³/mol. The van der Waals surface area contributed by atoms with Crippen LogP contribution in [0.15, 0.2) is 28.7 Å². The van der Waals surface area contributed by atoms with Crippen molar-refractivity contribution in [1.82, 2.24) is 5.32 Å². The van der Waals surface area contributed by atoms with Gasteiger partial charge in [-0.05, 0) is 50.1 Å². The molecule has 1 amide bonds. The summed E-state index contributed by atoms with van der Waals surface area (Å²) in [5, 5.41) is 6.30. The monoisotopic (exact) mass is 296 g/mol. The molecule has 2 rings (SSSR count). The van der Waals surface area contributed by atoms with Crippen molar-refractivity contribution >= 4 is 27.5 Å². The minimum atomic E-state index is 0.0982. The Bertz CT molecular complexity index is 372. The number of carbonyl (C=O) groups excluding carboxylic acids is 1. The lowest BCUT2D eigenvalue weighted by Gasteiger charge is -2.10. The van der Waals surface area contributed by atoms with E-state index in [1.165, 1.54) is 12.8 Å². The Labute approximate surface area is 110 Å². The Morgan fingerprint density at radius 3 is 2.82 bits per heavy atom. The van der Waals surface area contributed by atoms with E-state index in [1.54, 1.807) is 0 Å². The fourth-order valence-electron chi connectivity index (χ4n) is 2.07. The number of nitrogens with one attached hydrogen (secondary N) is 2. The third-order valence-corrected chi connectivity index (χ3v) is 3.54. The molecule has 1 fully saturated rings. The standard InChI is InChI=1S/C13H17BrN2O/c14-10-3-5-12(6-4-10)16-13(17)8-7-11-2-1-9-15-11/h3-6,11,15H,1-2,7-9H2,(H,16,17). The summed E-state index contributed by atoms with van der Waals surface area (Å²) in [6, 6.07) is 8.18. The minimum Gasteiger partial charge on any atom is -0.326 e. The van der Waals surface area contributed by atoms with Gasteiger partial charge in [-0.2, -0.15) is 0 Å². The second kappa shape index (κ2) is 6.17. The number of halogens is 1. The zero-order valence-corrected chi connectivity index (χ0v) is 11.3. The molecular weight excluding hydrogens is 280 g/mol. The van der Waals surface area contributed by atoms with Gasteiger partial charge in [0, 0.05) is 22.6 Å². The number of hydrogen-bond acceptors (Lipinski definition) is 2. The van der Waals surface area contributed by atoms with Crippen LogP contribution in [0.25, 0.3) is 0 Å². The van der Waals surface area contributed by atoms with E-state index in [1.807, 2.05) is 24.3 Å². The van der Waals surface area contributed by atoms with Crippen LogP contribution < -0.4 is 10.6 Å². The van der Waals surface area contributed by atoms with Gasteiger partial charge in [0.05, 0.1) is 0 Å². The van der Waals surface area contributed by atoms with Gasteiger partial charge < -0.3 is 10.6 Å². The topological polar surface area (TPSA) is 41.1 Å². The average Bonchev–Trinajstić information content (AvgIpc) is 2.83. The summed E-state index contributed by atoms with van der Waals surface area (Å²) in [5.41, 5.74) is 0.859. The largest absolute Gasteiger partial charge is 0.326 e. The van der Waals surface area contributed by atoms with E-state index in [2.05, 4.69) is 26.6 Å². The quantitative estimate of drug-likeness (QED) is 0.897. The van der Waals surface area contributed by atoms with E-state index < -0.39 is 0 Å². The van der Waals surface area contributed by atoms with Crippen molar-refractivity contribution < 1.29 is 4.79 Å². The van der Waals surface area contributed by atoms with Gasteiger partial charge in [-0.25, -0.2) is 0 Å². The molecule has 3 nitrogen and oxygen atoms in total. The van der Waals surface area contributed by atoms with Crippen molar-refractivity contribution in [1.29, 1.82) is 0 Å². The molecule has 17 heavy (non-hydrogen) atoms. The molecule has 1 unspecified atom stereocenters. The molecule has 1 saturated heterocycles.